The number of halogens is 1. The first-order valence-electron chi connectivity index (χ1n) is 8.13. The SMILES string of the molecule is COCCN1C(=O)C(=O)/C(=C(/O)c2ccccc2)C1c1ccc(Cl)cc1. The van der Waals surface area contributed by atoms with Gasteiger partial charge in [-0.15, -0.1) is 0 Å². The zero-order chi connectivity index (χ0) is 18.7. The number of aliphatic hydroxyl groups is 1. The molecule has 0 aliphatic carbocycles. The number of hydrogen-bond donors (Lipinski definition) is 1. The van der Waals surface area contributed by atoms with Crippen LogP contribution in [-0.4, -0.2) is 42.0 Å². The highest BCUT2D eigenvalue weighted by atomic mass is 35.5. The Labute approximate surface area is 156 Å². The van der Waals surface area contributed by atoms with E-state index in [1.54, 1.807) is 48.5 Å². The molecule has 1 unspecified atom stereocenters. The van der Waals surface area contributed by atoms with Crippen molar-refractivity contribution in [2.24, 2.45) is 0 Å². The summed E-state index contributed by atoms with van der Waals surface area (Å²) in [4.78, 5) is 26.6. The lowest BCUT2D eigenvalue weighted by Crippen LogP contribution is -2.32. The summed E-state index contributed by atoms with van der Waals surface area (Å²) < 4.78 is 5.07. The average Bonchev–Trinajstić information content (AvgIpc) is 2.91. The lowest BCUT2D eigenvalue weighted by Gasteiger charge is -2.25. The quantitative estimate of drug-likeness (QED) is 0.497. The molecule has 1 saturated heterocycles. The van der Waals surface area contributed by atoms with Crippen molar-refractivity contribution in [3.05, 3.63) is 76.3 Å². The van der Waals surface area contributed by atoms with E-state index in [2.05, 4.69) is 0 Å². The van der Waals surface area contributed by atoms with Crippen molar-refractivity contribution in [2.45, 2.75) is 6.04 Å². The van der Waals surface area contributed by atoms with Crippen molar-refractivity contribution in [2.75, 3.05) is 20.3 Å². The topological polar surface area (TPSA) is 66.8 Å². The summed E-state index contributed by atoms with van der Waals surface area (Å²) in [6.07, 6.45) is 0. The van der Waals surface area contributed by atoms with Crippen LogP contribution in [0, 0.1) is 0 Å². The van der Waals surface area contributed by atoms with E-state index in [0.717, 1.165) is 0 Å². The summed E-state index contributed by atoms with van der Waals surface area (Å²) in [5.74, 6) is -1.55. The van der Waals surface area contributed by atoms with Crippen LogP contribution in [-0.2, 0) is 14.3 Å². The molecule has 1 amide bonds. The van der Waals surface area contributed by atoms with Crippen LogP contribution in [0.3, 0.4) is 0 Å². The van der Waals surface area contributed by atoms with E-state index in [0.29, 0.717) is 16.1 Å². The van der Waals surface area contributed by atoms with E-state index in [1.165, 1.54) is 12.0 Å². The monoisotopic (exact) mass is 371 g/mol. The predicted molar refractivity (Wildman–Crippen MR) is 98.8 cm³/mol. The molecule has 0 radical (unpaired) electrons. The standard InChI is InChI=1S/C20H18ClNO4/c1-26-12-11-22-17(13-7-9-15(21)10-8-13)16(19(24)20(22)25)18(23)14-5-3-2-4-6-14/h2-10,17,23H,11-12H2,1H3/b18-16+. The van der Waals surface area contributed by atoms with Gasteiger partial charge in [0.1, 0.15) is 5.76 Å². The lowest BCUT2D eigenvalue weighted by molar-refractivity contribution is -0.140. The second-order valence-electron chi connectivity index (χ2n) is 5.90. The molecule has 2 aromatic rings. The van der Waals surface area contributed by atoms with Gasteiger partial charge in [-0.3, -0.25) is 9.59 Å². The number of hydrogen-bond acceptors (Lipinski definition) is 4. The maximum Gasteiger partial charge on any atom is 0.295 e. The predicted octanol–water partition coefficient (Wildman–Crippen LogP) is 3.41. The second kappa shape index (κ2) is 7.72. The van der Waals surface area contributed by atoms with Gasteiger partial charge in [-0.25, -0.2) is 0 Å². The van der Waals surface area contributed by atoms with Gasteiger partial charge in [0, 0.05) is 24.2 Å². The minimum atomic E-state index is -0.706. The molecule has 1 atom stereocenters. The normalized spacial score (nSPS) is 19.2. The van der Waals surface area contributed by atoms with Crippen LogP contribution in [0.25, 0.3) is 5.76 Å². The number of likely N-dealkylation sites (tertiary alicyclic amines) is 1. The molecule has 0 saturated carbocycles. The fourth-order valence-corrected chi connectivity index (χ4v) is 3.17. The number of aliphatic hydroxyl groups excluding tert-OH is 1. The van der Waals surface area contributed by atoms with Crippen LogP contribution in [0.2, 0.25) is 5.02 Å². The van der Waals surface area contributed by atoms with Crippen molar-refractivity contribution in [1.82, 2.24) is 4.90 Å². The maximum atomic E-state index is 12.7. The number of ether oxygens (including phenoxy) is 1. The van der Waals surface area contributed by atoms with Crippen molar-refractivity contribution in [1.29, 1.82) is 0 Å². The molecule has 0 aromatic heterocycles. The third-order valence-electron chi connectivity index (χ3n) is 4.31. The molecule has 1 aliphatic heterocycles. The third kappa shape index (κ3) is 3.36. The molecular formula is C20H18ClNO4. The average molecular weight is 372 g/mol. The summed E-state index contributed by atoms with van der Waals surface area (Å²) in [6, 6.07) is 14.9. The van der Waals surface area contributed by atoms with E-state index in [-0.39, 0.29) is 24.5 Å². The smallest absolute Gasteiger partial charge is 0.295 e. The third-order valence-corrected chi connectivity index (χ3v) is 4.56. The fourth-order valence-electron chi connectivity index (χ4n) is 3.04. The summed E-state index contributed by atoms with van der Waals surface area (Å²) >= 11 is 5.96. The summed E-state index contributed by atoms with van der Waals surface area (Å²) in [5.41, 5.74) is 1.25. The number of rotatable bonds is 5. The van der Waals surface area contributed by atoms with Gasteiger partial charge in [-0.1, -0.05) is 54.1 Å². The van der Waals surface area contributed by atoms with Gasteiger partial charge in [0.15, 0.2) is 0 Å². The Kier molecular flexibility index (Phi) is 5.40. The summed E-state index contributed by atoms with van der Waals surface area (Å²) in [6.45, 7) is 0.516. The zero-order valence-electron chi connectivity index (χ0n) is 14.2. The highest BCUT2D eigenvalue weighted by Gasteiger charge is 2.45. The maximum absolute atomic E-state index is 12.7. The van der Waals surface area contributed by atoms with Gasteiger partial charge < -0.3 is 14.7 Å². The van der Waals surface area contributed by atoms with Crippen molar-refractivity contribution >= 4 is 29.1 Å². The van der Waals surface area contributed by atoms with Crippen LogP contribution in [0.5, 0.6) is 0 Å². The first-order chi connectivity index (χ1) is 12.5. The Morgan fingerprint density at radius 1 is 1.12 bits per heavy atom. The number of nitrogens with zero attached hydrogens (tertiary/aromatic N) is 1. The molecule has 6 heteroatoms. The number of carbonyl (C=O) groups excluding carboxylic acids is 2. The van der Waals surface area contributed by atoms with Gasteiger partial charge in [0.2, 0.25) is 0 Å². The Bertz CT molecular complexity index is 846. The van der Waals surface area contributed by atoms with E-state index in [1.807, 2.05) is 6.07 Å². The number of benzene rings is 2. The number of methoxy groups -OCH3 is 1. The van der Waals surface area contributed by atoms with Crippen molar-refractivity contribution in [3.8, 4) is 0 Å². The molecule has 1 N–H and O–H groups in total. The molecule has 0 bridgehead atoms. The van der Waals surface area contributed by atoms with Crippen LogP contribution < -0.4 is 0 Å². The number of carbonyl (C=O) groups is 2. The fraction of sp³-hybridized carbons (Fsp3) is 0.200. The van der Waals surface area contributed by atoms with Gasteiger partial charge >= 0.3 is 0 Å². The Balaban J connectivity index is 2.15. The first kappa shape index (κ1) is 18.2. The van der Waals surface area contributed by atoms with Gasteiger partial charge in [-0.05, 0) is 17.7 Å². The molecular weight excluding hydrogens is 354 g/mol. The zero-order valence-corrected chi connectivity index (χ0v) is 14.9. The highest BCUT2D eigenvalue weighted by Crippen LogP contribution is 2.39. The van der Waals surface area contributed by atoms with E-state index < -0.39 is 17.7 Å². The second-order valence-corrected chi connectivity index (χ2v) is 6.34. The van der Waals surface area contributed by atoms with Crippen LogP contribution in [0.1, 0.15) is 17.2 Å². The molecule has 26 heavy (non-hydrogen) atoms. The Morgan fingerprint density at radius 2 is 1.77 bits per heavy atom. The van der Waals surface area contributed by atoms with Gasteiger partial charge in [0.05, 0.1) is 18.2 Å². The van der Waals surface area contributed by atoms with E-state index >= 15 is 0 Å². The van der Waals surface area contributed by atoms with Crippen molar-refractivity contribution in [3.63, 3.8) is 0 Å². The van der Waals surface area contributed by atoms with Crippen LogP contribution in [0.4, 0.5) is 0 Å². The largest absolute Gasteiger partial charge is 0.507 e. The minimum absolute atomic E-state index is 0.0691. The molecule has 1 heterocycles. The molecule has 1 fully saturated rings. The molecule has 3 rings (SSSR count). The lowest BCUT2D eigenvalue weighted by atomic mass is 9.95. The van der Waals surface area contributed by atoms with Gasteiger partial charge in [-0.2, -0.15) is 0 Å². The van der Waals surface area contributed by atoms with E-state index in [4.69, 9.17) is 16.3 Å². The molecule has 1 aliphatic rings. The minimum Gasteiger partial charge on any atom is -0.507 e. The van der Waals surface area contributed by atoms with E-state index in [9.17, 15) is 14.7 Å². The first-order valence-corrected chi connectivity index (χ1v) is 8.50. The Morgan fingerprint density at radius 3 is 2.38 bits per heavy atom. The number of amides is 1. The van der Waals surface area contributed by atoms with Crippen LogP contribution >= 0.6 is 11.6 Å². The molecule has 0 spiro atoms. The molecule has 5 nitrogen and oxygen atoms in total. The summed E-state index contributed by atoms with van der Waals surface area (Å²) in [5, 5.41) is 11.3. The molecule has 134 valence electrons. The number of ketones is 1. The summed E-state index contributed by atoms with van der Waals surface area (Å²) in [7, 11) is 1.53. The highest BCUT2D eigenvalue weighted by molar-refractivity contribution is 6.46. The van der Waals surface area contributed by atoms with Gasteiger partial charge in [0.25, 0.3) is 11.7 Å². The van der Waals surface area contributed by atoms with Crippen LogP contribution in [0.15, 0.2) is 60.2 Å². The molecule has 2 aromatic carbocycles. The number of Topliss-reactive ketones (excluding diaryl/α,β-unsaturated/α-hetero) is 1. The Hall–Kier alpha value is -2.63. The van der Waals surface area contributed by atoms with Crippen molar-refractivity contribution < 1.29 is 19.4 Å².